The number of benzene rings is 1. The maximum absolute atomic E-state index is 14.2. The molecular formula is C30H39N3O8. The number of Topliss-reactive ketones (excluding diaryl/α,β-unsaturated/α-hetero) is 2. The summed E-state index contributed by atoms with van der Waals surface area (Å²) in [5.41, 5.74) is -3.51. The van der Waals surface area contributed by atoms with Crippen molar-refractivity contribution in [3.63, 3.8) is 0 Å². The van der Waals surface area contributed by atoms with E-state index in [-0.39, 0.29) is 29.6 Å². The molecule has 7 atom stereocenters. The fourth-order valence-electron chi connectivity index (χ4n) is 7.55. The molecule has 1 saturated carbocycles. The summed E-state index contributed by atoms with van der Waals surface area (Å²) in [5.74, 6) is -8.13. The summed E-state index contributed by atoms with van der Waals surface area (Å²) in [6, 6.07) is 3.50. The summed E-state index contributed by atoms with van der Waals surface area (Å²) >= 11 is 0. The van der Waals surface area contributed by atoms with Gasteiger partial charge in [-0.05, 0) is 50.9 Å². The zero-order valence-electron chi connectivity index (χ0n) is 23.8. The quantitative estimate of drug-likeness (QED) is 0.285. The number of likely N-dealkylation sites (tertiary alicyclic amines) is 1. The van der Waals surface area contributed by atoms with Crippen molar-refractivity contribution in [1.82, 2.24) is 15.1 Å². The minimum Gasteiger partial charge on any atom is -0.508 e. The van der Waals surface area contributed by atoms with Crippen LogP contribution in [-0.4, -0.2) is 104 Å². The second kappa shape index (κ2) is 10.5. The topological polar surface area (TPSA) is 171 Å². The minimum absolute atomic E-state index is 0.00154. The van der Waals surface area contributed by atoms with Gasteiger partial charge in [0, 0.05) is 24.1 Å². The molecule has 11 nitrogen and oxygen atoms in total. The highest BCUT2D eigenvalue weighted by molar-refractivity contribution is 6.25. The zero-order valence-corrected chi connectivity index (χ0v) is 23.8. The van der Waals surface area contributed by atoms with Crippen LogP contribution in [0.3, 0.4) is 0 Å². The first kappa shape index (κ1) is 29.2. The molecule has 11 heteroatoms. The SMILES string of the molecule is CCC1CCCCN1CNC(=O)C1=C(O)[C@@]2(O)C(=O)C3=C(O)c4c(O)cccc4[C@H](C)[C@H]3[C@H](O)[C@H]2[C@H](N(C)C)C1=O. The summed E-state index contributed by atoms with van der Waals surface area (Å²) in [4.78, 5) is 44.9. The Morgan fingerprint density at radius 3 is 2.54 bits per heavy atom. The lowest BCUT2D eigenvalue weighted by Gasteiger charge is -2.53. The van der Waals surface area contributed by atoms with E-state index in [2.05, 4.69) is 17.1 Å². The number of rotatable bonds is 5. The van der Waals surface area contributed by atoms with Crippen LogP contribution in [0.4, 0.5) is 0 Å². The Labute approximate surface area is 238 Å². The number of hydrogen-bond donors (Lipinski definition) is 6. The third kappa shape index (κ3) is 4.20. The molecule has 41 heavy (non-hydrogen) atoms. The molecule has 1 heterocycles. The van der Waals surface area contributed by atoms with Crippen molar-refractivity contribution in [1.29, 1.82) is 0 Å². The molecule has 1 aromatic carbocycles. The van der Waals surface area contributed by atoms with Gasteiger partial charge in [-0.3, -0.25) is 24.2 Å². The van der Waals surface area contributed by atoms with E-state index in [0.717, 1.165) is 32.2 Å². The van der Waals surface area contributed by atoms with Crippen LogP contribution >= 0.6 is 0 Å². The molecule has 0 spiro atoms. The second-order valence-corrected chi connectivity index (χ2v) is 12.0. The first-order chi connectivity index (χ1) is 19.4. The number of aliphatic hydroxyl groups excluding tert-OH is 3. The van der Waals surface area contributed by atoms with Crippen LogP contribution in [-0.2, 0) is 14.4 Å². The number of nitrogens with zero attached hydrogens (tertiary/aromatic N) is 2. The van der Waals surface area contributed by atoms with E-state index in [1.807, 2.05) is 0 Å². The van der Waals surface area contributed by atoms with Gasteiger partial charge in [0.15, 0.2) is 11.4 Å². The average molecular weight is 570 g/mol. The van der Waals surface area contributed by atoms with Gasteiger partial charge in [0.05, 0.1) is 30.3 Å². The highest BCUT2D eigenvalue weighted by atomic mass is 16.4. The summed E-state index contributed by atoms with van der Waals surface area (Å²) in [7, 11) is 3.05. The molecule has 1 amide bonds. The number of hydrogen-bond acceptors (Lipinski definition) is 10. The van der Waals surface area contributed by atoms with Gasteiger partial charge in [-0.2, -0.15) is 0 Å². The molecule has 6 N–H and O–H groups in total. The standard InChI is InChI=1S/C30H39N3O8/c1-5-15-9-6-7-12-33(15)13-31-29(40)21-26(37)23(32(3)4)22-25(36)18-14(2)16-10-8-11-17(34)19(16)24(35)20(18)27(38)30(22,41)28(21)39/h8,10-11,14-15,18,22-23,25,34-36,39,41H,5-7,9,12-13H2,1-4H3,(H,31,40)/t14-,15?,18+,22+,23-,25-,30-/m0/s1. The molecule has 1 unspecified atom stereocenters. The predicted octanol–water partition coefficient (Wildman–Crippen LogP) is 1.35. The molecule has 0 aromatic heterocycles. The lowest BCUT2D eigenvalue weighted by molar-refractivity contribution is -0.169. The van der Waals surface area contributed by atoms with Crippen LogP contribution in [0.5, 0.6) is 5.75 Å². The number of carbonyl (C=O) groups is 3. The van der Waals surface area contributed by atoms with E-state index in [0.29, 0.717) is 5.56 Å². The normalized spacial score (nSPS) is 33.9. The fraction of sp³-hybridized carbons (Fsp3) is 0.567. The summed E-state index contributed by atoms with van der Waals surface area (Å²) < 4.78 is 0. The van der Waals surface area contributed by atoms with Gasteiger partial charge in [-0.15, -0.1) is 0 Å². The predicted molar refractivity (Wildman–Crippen MR) is 149 cm³/mol. The van der Waals surface area contributed by atoms with Crippen molar-refractivity contribution in [2.75, 3.05) is 27.3 Å². The van der Waals surface area contributed by atoms with Crippen molar-refractivity contribution in [2.45, 2.75) is 69.2 Å². The van der Waals surface area contributed by atoms with E-state index in [9.17, 15) is 39.9 Å². The number of amides is 1. The number of carbonyl (C=O) groups excluding carboxylic acids is 3. The number of phenols is 1. The van der Waals surface area contributed by atoms with Crippen LogP contribution in [0.25, 0.3) is 5.76 Å². The van der Waals surface area contributed by atoms with Crippen molar-refractivity contribution >= 4 is 23.2 Å². The Morgan fingerprint density at radius 1 is 1.17 bits per heavy atom. The molecule has 5 rings (SSSR count). The van der Waals surface area contributed by atoms with E-state index in [1.165, 1.54) is 25.1 Å². The number of phenolic OH excluding ortho intramolecular Hbond substituents is 1. The van der Waals surface area contributed by atoms with Crippen LogP contribution < -0.4 is 5.32 Å². The van der Waals surface area contributed by atoms with E-state index in [4.69, 9.17) is 0 Å². The van der Waals surface area contributed by atoms with Gasteiger partial charge in [0.25, 0.3) is 5.91 Å². The molecule has 2 fully saturated rings. The molecule has 3 aliphatic carbocycles. The van der Waals surface area contributed by atoms with E-state index in [1.54, 1.807) is 19.1 Å². The maximum atomic E-state index is 14.2. The number of ketones is 2. The molecule has 222 valence electrons. The fourth-order valence-corrected chi connectivity index (χ4v) is 7.55. The van der Waals surface area contributed by atoms with Crippen LogP contribution in [0.15, 0.2) is 35.1 Å². The first-order valence-corrected chi connectivity index (χ1v) is 14.2. The summed E-state index contributed by atoms with van der Waals surface area (Å²) in [6.07, 6.45) is 2.33. The molecule has 0 radical (unpaired) electrons. The largest absolute Gasteiger partial charge is 0.508 e. The molecule has 1 saturated heterocycles. The summed E-state index contributed by atoms with van der Waals surface area (Å²) in [6.45, 7) is 4.65. The number of nitrogens with one attached hydrogen (secondary N) is 1. The number of aromatic hydroxyl groups is 1. The van der Waals surface area contributed by atoms with E-state index >= 15 is 0 Å². The van der Waals surface area contributed by atoms with Gasteiger partial charge in [-0.25, -0.2) is 0 Å². The molecule has 1 aliphatic heterocycles. The van der Waals surface area contributed by atoms with Gasteiger partial charge < -0.3 is 30.8 Å². The van der Waals surface area contributed by atoms with Gasteiger partial charge in [0.1, 0.15) is 22.8 Å². The van der Waals surface area contributed by atoms with Crippen LogP contribution in [0, 0.1) is 11.8 Å². The Kier molecular flexibility index (Phi) is 7.52. The molecule has 4 aliphatic rings. The Morgan fingerprint density at radius 2 is 1.88 bits per heavy atom. The third-order valence-corrected chi connectivity index (χ3v) is 9.64. The van der Waals surface area contributed by atoms with Crippen molar-refractivity contribution in [3.05, 3.63) is 46.2 Å². The first-order valence-electron chi connectivity index (χ1n) is 14.2. The molecule has 0 bridgehead atoms. The van der Waals surface area contributed by atoms with Crippen molar-refractivity contribution < 1.29 is 39.9 Å². The number of likely N-dealkylation sites (N-methyl/N-ethyl adjacent to an activating group) is 1. The number of piperidine rings is 1. The smallest absolute Gasteiger partial charge is 0.259 e. The van der Waals surface area contributed by atoms with Crippen LogP contribution in [0.2, 0.25) is 0 Å². The highest BCUT2D eigenvalue weighted by Gasteiger charge is 2.68. The molecule has 1 aromatic rings. The Balaban J connectivity index is 1.61. The average Bonchev–Trinajstić information content (AvgIpc) is 2.93. The van der Waals surface area contributed by atoms with E-state index < -0.39 is 70.1 Å². The Hall–Kier alpha value is -3.25. The monoisotopic (exact) mass is 569 g/mol. The maximum Gasteiger partial charge on any atom is 0.259 e. The van der Waals surface area contributed by atoms with Gasteiger partial charge in [-0.1, -0.05) is 32.4 Å². The summed E-state index contributed by atoms with van der Waals surface area (Å²) in [5, 5.41) is 59.6. The Bertz CT molecular complexity index is 1350. The number of fused-ring (bicyclic) bond motifs is 3. The molecular weight excluding hydrogens is 530 g/mol. The van der Waals surface area contributed by atoms with Crippen molar-refractivity contribution in [2.24, 2.45) is 11.8 Å². The highest BCUT2D eigenvalue weighted by Crippen LogP contribution is 2.56. The van der Waals surface area contributed by atoms with Crippen LogP contribution in [0.1, 0.15) is 56.6 Å². The lowest BCUT2D eigenvalue weighted by atomic mass is 9.54. The van der Waals surface area contributed by atoms with Gasteiger partial charge in [0.2, 0.25) is 5.78 Å². The second-order valence-electron chi connectivity index (χ2n) is 12.0. The number of aliphatic hydroxyl groups is 4. The third-order valence-electron chi connectivity index (χ3n) is 9.64. The zero-order chi connectivity index (χ0) is 30.0. The van der Waals surface area contributed by atoms with Gasteiger partial charge >= 0.3 is 0 Å². The van der Waals surface area contributed by atoms with Crippen molar-refractivity contribution in [3.8, 4) is 5.75 Å². The minimum atomic E-state index is -2.88. The lowest BCUT2D eigenvalue weighted by Crippen LogP contribution is -2.70.